The van der Waals surface area contributed by atoms with Crippen LogP contribution in [-0.2, 0) is 36.9 Å². The molecule has 20 heteroatoms. The van der Waals surface area contributed by atoms with Gasteiger partial charge in [0.2, 0.25) is 30.7 Å². The van der Waals surface area contributed by atoms with Crippen molar-refractivity contribution in [2.75, 3.05) is 52.9 Å². The van der Waals surface area contributed by atoms with Crippen LogP contribution in [0.5, 0.6) is 0 Å². The van der Waals surface area contributed by atoms with E-state index in [1.54, 1.807) is 0 Å². The number of hydrogen-bond acceptors (Lipinski definition) is 8. The number of halogens is 10. The molecule has 2 unspecified atom stereocenters. The van der Waals surface area contributed by atoms with Gasteiger partial charge in [-0.2, -0.15) is 39.5 Å². The van der Waals surface area contributed by atoms with Crippen molar-refractivity contribution in [3.8, 4) is 0 Å². The van der Waals surface area contributed by atoms with Crippen LogP contribution in [0.4, 0.5) is 39.5 Å². The van der Waals surface area contributed by atoms with Gasteiger partial charge in [-0.05, 0) is 67.7 Å². The number of nitrogens with one attached hydrogen (secondary N) is 1. The van der Waals surface area contributed by atoms with Crippen molar-refractivity contribution < 1.29 is 63.5 Å². The second kappa shape index (κ2) is 25.9. The predicted molar refractivity (Wildman–Crippen MR) is 215 cm³/mol. The van der Waals surface area contributed by atoms with Crippen molar-refractivity contribution >= 4 is 42.3 Å². The third kappa shape index (κ3) is 20.0. The summed E-state index contributed by atoms with van der Waals surface area (Å²) >= 11 is 6.15. The summed E-state index contributed by atoms with van der Waals surface area (Å²) < 4.78 is 93.8. The first kappa shape index (κ1) is 54.1. The molecule has 1 N–H and O–H groups in total. The molecule has 2 heterocycles. The lowest BCUT2D eigenvalue weighted by Gasteiger charge is -2.45. The Bertz CT molecular complexity index is 1640. The summed E-state index contributed by atoms with van der Waals surface area (Å²) in [7, 11) is 2.06. The molecule has 348 valence electrons. The largest absolute Gasteiger partial charge is 0.446 e. The van der Waals surface area contributed by atoms with E-state index >= 15 is 0 Å². The van der Waals surface area contributed by atoms with Crippen LogP contribution in [0.25, 0.3) is 0 Å². The van der Waals surface area contributed by atoms with Crippen LogP contribution in [0.1, 0.15) is 75.1 Å². The Morgan fingerprint density at radius 3 is 1.77 bits per heavy atom. The number of carbonyl (C=O) groups excluding carboxylic acids is 5. The van der Waals surface area contributed by atoms with Crippen LogP contribution in [-0.4, -0.2) is 134 Å². The van der Waals surface area contributed by atoms with Crippen molar-refractivity contribution in [3.63, 3.8) is 0 Å². The van der Waals surface area contributed by atoms with Gasteiger partial charge < -0.3 is 15.1 Å². The Balaban J connectivity index is 0.000000616. The first-order valence-corrected chi connectivity index (χ1v) is 20.6. The van der Waals surface area contributed by atoms with E-state index in [0.29, 0.717) is 37.0 Å². The maximum Gasteiger partial charge on any atom is 0.446 e. The van der Waals surface area contributed by atoms with Gasteiger partial charge in [0.25, 0.3) is 0 Å². The highest BCUT2D eigenvalue weighted by molar-refractivity contribution is 6.30. The standard InChI is InChI=1S/C36H52ClN5O2.3C2HF3O/c1-4-40(5-2)26-34(28-11-7-6-8-12-28)41-19-21-42(22-20-41)36(44)32(23-27-15-17-30(37)18-16-27)38-35(43)24-33-31-14-10-9-13-29(31)25-39(33)3;3*3-2(4,5)1-6/h9-10,13-18,28,32-34H,4-8,11-12,19-26H2,1-3H3,(H,38,43);3*1H/t32-,33?,34?;;;/m1.../s1. The van der Waals surface area contributed by atoms with Gasteiger partial charge in [0, 0.05) is 69.2 Å². The molecule has 1 saturated heterocycles. The minimum absolute atomic E-state index is 0.0172. The summed E-state index contributed by atoms with van der Waals surface area (Å²) in [6, 6.07) is 15.9. The number of nitrogens with zero attached hydrogens (tertiary/aromatic N) is 4. The Kier molecular flexibility index (Phi) is 22.6. The van der Waals surface area contributed by atoms with E-state index in [-0.39, 0.29) is 17.9 Å². The van der Waals surface area contributed by atoms with Gasteiger partial charge in [-0.3, -0.25) is 33.8 Å². The average molecular weight is 916 g/mol. The Morgan fingerprint density at radius 2 is 1.29 bits per heavy atom. The molecule has 3 aliphatic rings. The second-order valence-corrected chi connectivity index (χ2v) is 15.5. The molecule has 62 heavy (non-hydrogen) atoms. The van der Waals surface area contributed by atoms with Crippen LogP contribution in [0.2, 0.25) is 5.02 Å². The summed E-state index contributed by atoms with van der Waals surface area (Å²) in [5.74, 6) is 0.676. The molecule has 1 aliphatic carbocycles. The molecular weight excluding hydrogens is 861 g/mol. The fourth-order valence-corrected chi connectivity index (χ4v) is 7.82. The lowest BCUT2D eigenvalue weighted by atomic mass is 9.82. The van der Waals surface area contributed by atoms with Gasteiger partial charge in [0.15, 0.2) is 0 Å². The molecule has 1 saturated carbocycles. The Labute approximate surface area is 361 Å². The zero-order valence-electron chi connectivity index (χ0n) is 34.9. The Hall–Kier alpha value is -4.07. The topological polar surface area (TPSA) is 110 Å². The highest BCUT2D eigenvalue weighted by Crippen LogP contribution is 2.35. The van der Waals surface area contributed by atoms with Crippen molar-refractivity contribution in [2.45, 2.75) is 102 Å². The van der Waals surface area contributed by atoms with E-state index in [1.807, 2.05) is 35.2 Å². The number of benzene rings is 2. The SMILES string of the molecule is CCN(CC)CC(C1CCCCC1)N1CCN(C(=O)[C@@H](Cc2ccc(Cl)cc2)NC(=O)CC2c3ccccc3CN2C)CC1.O=CC(F)(F)F.O=CC(F)(F)F.O=CC(F)(F)F. The molecule has 2 aromatic carbocycles. The number of piperazine rings is 1. The van der Waals surface area contributed by atoms with Crippen LogP contribution < -0.4 is 5.32 Å². The van der Waals surface area contributed by atoms with Crippen LogP contribution in [0, 0.1) is 5.92 Å². The van der Waals surface area contributed by atoms with E-state index in [4.69, 9.17) is 26.0 Å². The predicted octanol–water partition coefficient (Wildman–Crippen LogP) is 7.62. The molecule has 2 aliphatic heterocycles. The average Bonchev–Trinajstić information content (AvgIpc) is 3.55. The molecule has 2 amide bonds. The number of carbonyl (C=O) groups is 5. The first-order chi connectivity index (χ1) is 29.0. The van der Waals surface area contributed by atoms with Crippen LogP contribution in [0.15, 0.2) is 48.5 Å². The molecule has 10 nitrogen and oxygen atoms in total. The van der Waals surface area contributed by atoms with Crippen LogP contribution >= 0.6 is 11.6 Å². The summed E-state index contributed by atoms with van der Waals surface area (Å²) in [6.07, 6.45) is -9.64. The normalized spacial score (nSPS) is 18.4. The van der Waals surface area contributed by atoms with Crippen molar-refractivity contribution in [2.24, 2.45) is 5.92 Å². The van der Waals surface area contributed by atoms with Gasteiger partial charge in [0.1, 0.15) is 6.04 Å². The summed E-state index contributed by atoms with van der Waals surface area (Å²) in [6.45, 7) is 11.8. The molecule has 0 radical (unpaired) electrons. The van der Waals surface area contributed by atoms with E-state index in [0.717, 1.165) is 50.7 Å². The van der Waals surface area contributed by atoms with E-state index in [2.05, 4.69) is 59.1 Å². The minimum Gasteiger partial charge on any atom is -0.344 e. The van der Waals surface area contributed by atoms with E-state index in [1.165, 1.54) is 43.2 Å². The summed E-state index contributed by atoms with van der Waals surface area (Å²) in [5.41, 5.74) is 3.47. The molecule has 3 atom stereocenters. The van der Waals surface area contributed by atoms with Gasteiger partial charge in [-0.1, -0.05) is 81.1 Å². The zero-order chi connectivity index (χ0) is 46.7. The number of amides is 2. The van der Waals surface area contributed by atoms with Crippen LogP contribution in [0.3, 0.4) is 0 Å². The highest BCUT2D eigenvalue weighted by atomic mass is 35.5. The quantitative estimate of drug-likeness (QED) is 0.171. The van der Waals surface area contributed by atoms with Gasteiger partial charge in [0.05, 0.1) is 0 Å². The van der Waals surface area contributed by atoms with Gasteiger partial charge in [-0.15, -0.1) is 0 Å². The number of alkyl halides is 9. The van der Waals surface area contributed by atoms with Crippen molar-refractivity contribution in [1.82, 2.24) is 24.9 Å². The molecule has 0 bridgehead atoms. The lowest BCUT2D eigenvalue weighted by molar-refractivity contribution is -0.156. The third-order valence-electron chi connectivity index (χ3n) is 10.8. The number of likely N-dealkylation sites (N-methyl/N-ethyl adjacent to an activating group) is 1. The monoisotopic (exact) mass is 915 g/mol. The van der Waals surface area contributed by atoms with Gasteiger partial charge >= 0.3 is 18.5 Å². The molecule has 0 aromatic heterocycles. The van der Waals surface area contributed by atoms with Crippen molar-refractivity contribution in [3.05, 3.63) is 70.2 Å². The number of fused-ring (bicyclic) bond motifs is 1. The number of rotatable bonds is 12. The number of hydrogen-bond donors (Lipinski definition) is 1. The number of aldehydes is 3. The fraction of sp³-hybridized carbons (Fsp3) is 0.595. The first-order valence-electron chi connectivity index (χ1n) is 20.2. The molecule has 2 aromatic rings. The lowest BCUT2D eigenvalue weighted by Crippen LogP contribution is -2.59. The summed E-state index contributed by atoms with van der Waals surface area (Å²) in [4.78, 5) is 63.2. The third-order valence-corrected chi connectivity index (χ3v) is 11.0. The van der Waals surface area contributed by atoms with Crippen molar-refractivity contribution in [1.29, 1.82) is 0 Å². The zero-order valence-corrected chi connectivity index (χ0v) is 35.6. The van der Waals surface area contributed by atoms with Gasteiger partial charge in [-0.25, -0.2) is 0 Å². The molecule has 5 rings (SSSR count). The molecule has 2 fully saturated rings. The smallest absolute Gasteiger partial charge is 0.344 e. The molecule has 0 spiro atoms. The van der Waals surface area contributed by atoms with E-state index < -0.39 is 43.4 Å². The van der Waals surface area contributed by atoms with E-state index in [9.17, 15) is 49.1 Å². The maximum absolute atomic E-state index is 14.1. The summed E-state index contributed by atoms with van der Waals surface area (Å²) in [5, 5.41) is 3.84. The molecular formula is C42H55ClF9N5O5. The Morgan fingerprint density at radius 1 is 0.790 bits per heavy atom. The second-order valence-electron chi connectivity index (χ2n) is 15.1. The minimum atomic E-state index is -4.64. The fourth-order valence-electron chi connectivity index (χ4n) is 7.69. The highest BCUT2D eigenvalue weighted by Gasteiger charge is 2.36. The maximum atomic E-state index is 14.1.